The highest BCUT2D eigenvalue weighted by molar-refractivity contribution is 5.40. The van der Waals surface area contributed by atoms with Crippen molar-refractivity contribution in [3.05, 3.63) is 24.3 Å². The molecule has 0 spiro atoms. The molecule has 2 atom stereocenters. The number of aliphatic hydroxyl groups is 1. The quantitative estimate of drug-likeness (QED) is 0.890. The first kappa shape index (κ1) is 12.8. The summed E-state index contributed by atoms with van der Waals surface area (Å²) < 4.78 is 11.6. The molecule has 1 N–H and O–H groups in total. The van der Waals surface area contributed by atoms with Gasteiger partial charge in [-0.05, 0) is 36.8 Å². The molecule has 3 nitrogen and oxygen atoms in total. The van der Waals surface area contributed by atoms with E-state index in [1.54, 1.807) is 0 Å². The first-order valence-electron chi connectivity index (χ1n) is 7.30. The van der Waals surface area contributed by atoms with Crippen LogP contribution in [0, 0.1) is 11.8 Å². The fraction of sp³-hybridized carbons (Fsp3) is 0.625. The van der Waals surface area contributed by atoms with Gasteiger partial charge >= 0.3 is 0 Å². The Hall–Kier alpha value is -1.22. The van der Waals surface area contributed by atoms with Gasteiger partial charge in [-0.1, -0.05) is 31.9 Å². The van der Waals surface area contributed by atoms with E-state index >= 15 is 0 Å². The van der Waals surface area contributed by atoms with Gasteiger partial charge in [0.15, 0.2) is 17.6 Å². The molecule has 0 radical (unpaired) electrons. The molecule has 1 aromatic rings. The van der Waals surface area contributed by atoms with E-state index in [0.29, 0.717) is 12.5 Å². The molecular formula is C16H22O3. The topological polar surface area (TPSA) is 38.7 Å². The molecular weight excluding hydrogens is 240 g/mol. The Morgan fingerprint density at radius 3 is 2.53 bits per heavy atom. The summed E-state index contributed by atoms with van der Waals surface area (Å²) in [6.45, 7) is 2.74. The number of aliphatic hydroxyl groups excluding tert-OH is 1. The second-order valence-corrected chi connectivity index (χ2v) is 5.92. The fourth-order valence-corrected chi connectivity index (χ4v) is 3.14. The van der Waals surface area contributed by atoms with Gasteiger partial charge in [0, 0.05) is 0 Å². The van der Waals surface area contributed by atoms with E-state index in [9.17, 15) is 5.11 Å². The van der Waals surface area contributed by atoms with Crippen LogP contribution >= 0.6 is 0 Å². The summed E-state index contributed by atoms with van der Waals surface area (Å²) in [5.41, 5.74) is 0. The van der Waals surface area contributed by atoms with Crippen molar-refractivity contribution in [1.29, 1.82) is 0 Å². The highest BCUT2D eigenvalue weighted by Gasteiger charge is 2.34. The van der Waals surface area contributed by atoms with Crippen molar-refractivity contribution >= 4 is 0 Å². The number of hydrogen-bond acceptors (Lipinski definition) is 3. The third kappa shape index (κ3) is 2.71. The number of hydrogen-bond donors (Lipinski definition) is 1. The number of ether oxygens (including phenoxy) is 2. The van der Waals surface area contributed by atoms with Crippen LogP contribution in [0.25, 0.3) is 0 Å². The van der Waals surface area contributed by atoms with Crippen molar-refractivity contribution in [3.63, 3.8) is 0 Å². The minimum absolute atomic E-state index is 0.228. The standard InChI is InChI=1S/C16H22O3/c1-11-6-8-12(9-7-11)16(17)15-10-18-13-4-2-3-5-14(13)19-15/h2-5,11-12,15-17H,6-10H2,1H3. The predicted octanol–water partition coefficient (Wildman–Crippen LogP) is 3.01. The van der Waals surface area contributed by atoms with Crippen LogP contribution in [0.5, 0.6) is 11.5 Å². The summed E-state index contributed by atoms with van der Waals surface area (Å²) in [6, 6.07) is 7.66. The van der Waals surface area contributed by atoms with Gasteiger partial charge in [0.1, 0.15) is 6.61 Å². The zero-order valence-electron chi connectivity index (χ0n) is 11.4. The van der Waals surface area contributed by atoms with E-state index < -0.39 is 6.10 Å². The van der Waals surface area contributed by atoms with Crippen LogP contribution in [0.2, 0.25) is 0 Å². The average Bonchev–Trinajstić information content (AvgIpc) is 2.47. The Morgan fingerprint density at radius 2 is 1.79 bits per heavy atom. The van der Waals surface area contributed by atoms with E-state index in [-0.39, 0.29) is 6.10 Å². The van der Waals surface area contributed by atoms with Gasteiger partial charge in [0.05, 0.1) is 6.10 Å². The maximum atomic E-state index is 10.5. The zero-order valence-corrected chi connectivity index (χ0v) is 11.4. The highest BCUT2D eigenvalue weighted by atomic mass is 16.6. The van der Waals surface area contributed by atoms with Gasteiger partial charge < -0.3 is 14.6 Å². The lowest BCUT2D eigenvalue weighted by atomic mass is 9.79. The normalized spacial score (nSPS) is 31.8. The predicted molar refractivity (Wildman–Crippen MR) is 73.5 cm³/mol. The SMILES string of the molecule is CC1CCC(C(O)C2COc3ccccc3O2)CC1. The zero-order chi connectivity index (χ0) is 13.2. The molecule has 1 aliphatic heterocycles. The second-order valence-electron chi connectivity index (χ2n) is 5.92. The molecule has 104 valence electrons. The fourth-order valence-electron chi connectivity index (χ4n) is 3.14. The van der Waals surface area contributed by atoms with E-state index in [1.165, 1.54) is 12.8 Å². The summed E-state index contributed by atoms with van der Waals surface area (Å²) in [4.78, 5) is 0. The Balaban J connectivity index is 1.64. The molecule has 19 heavy (non-hydrogen) atoms. The monoisotopic (exact) mass is 262 g/mol. The molecule has 2 aliphatic rings. The van der Waals surface area contributed by atoms with Crippen molar-refractivity contribution < 1.29 is 14.6 Å². The van der Waals surface area contributed by atoms with Crippen LogP contribution in [0.4, 0.5) is 0 Å². The van der Waals surface area contributed by atoms with E-state index in [0.717, 1.165) is 30.3 Å². The van der Waals surface area contributed by atoms with Gasteiger partial charge in [0.2, 0.25) is 0 Å². The van der Waals surface area contributed by atoms with Gasteiger partial charge in [-0.25, -0.2) is 0 Å². The van der Waals surface area contributed by atoms with Crippen molar-refractivity contribution in [2.24, 2.45) is 11.8 Å². The first-order valence-corrected chi connectivity index (χ1v) is 7.30. The minimum Gasteiger partial charge on any atom is -0.486 e. The summed E-state index contributed by atoms with van der Waals surface area (Å²) in [5.74, 6) is 2.69. The molecule has 2 unspecified atom stereocenters. The number of rotatable bonds is 2. The molecule has 0 saturated heterocycles. The van der Waals surface area contributed by atoms with Crippen LogP contribution in [0.3, 0.4) is 0 Å². The molecule has 1 aromatic carbocycles. The van der Waals surface area contributed by atoms with Crippen molar-refractivity contribution in [1.82, 2.24) is 0 Å². The maximum Gasteiger partial charge on any atom is 0.161 e. The third-order valence-electron chi connectivity index (χ3n) is 4.46. The van der Waals surface area contributed by atoms with Crippen molar-refractivity contribution in [2.75, 3.05) is 6.61 Å². The number of benzene rings is 1. The lowest BCUT2D eigenvalue weighted by Gasteiger charge is -2.36. The molecule has 0 bridgehead atoms. The van der Waals surface area contributed by atoms with Crippen molar-refractivity contribution in [3.8, 4) is 11.5 Å². The number of fused-ring (bicyclic) bond motifs is 1. The maximum absolute atomic E-state index is 10.5. The van der Waals surface area contributed by atoms with Crippen LogP contribution in [-0.4, -0.2) is 23.9 Å². The molecule has 0 amide bonds. The minimum atomic E-state index is -0.416. The summed E-state index contributed by atoms with van der Waals surface area (Å²) in [7, 11) is 0. The van der Waals surface area contributed by atoms with Gasteiger partial charge in [-0.3, -0.25) is 0 Å². The van der Waals surface area contributed by atoms with Crippen LogP contribution in [0.15, 0.2) is 24.3 Å². The molecule has 0 aromatic heterocycles. The van der Waals surface area contributed by atoms with E-state index in [1.807, 2.05) is 24.3 Å². The molecule has 3 heteroatoms. The third-order valence-corrected chi connectivity index (χ3v) is 4.46. The molecule has 1 fully saturated rings. The highest BCUT2D eigenvalue weighted by Crippen LogP contribution is 2.36. The van der Waals surface area contributed by atoms with Gasteiger partial charge in [0.25, 0.3) is 0 Å². The largest absolute Gasteiger partial charge is 0.486 e. The molecule has 1 saturated carbocycles. The Morgan fingerprint density at radius 1 is 1.11 bits per heavy atom. The average molecular weight is 262 g/mol. The Bertz CT molecular complexity index is 424. The van der Waals surface area contributed by atoms with Gasteiger partial charge in [-0.2, -0.15) is 0 Å². The van der Waals surface area contributed by atoms with Gasteiger partial charge in [-0.15, -0.1) is 0 Å². The first-order chi connectivity index (χ1) is 9.24. The molecule has 1 heterocycles. The van der Waals surface area contributed by atoms with E-state index in [2.05, 4.69) is 6.92 Å². The molecule has 1 aliphatic carbocycles. The summed E-state index contributed by atoms with van der Waals surface area (Å²) >= 11 is 0. The number of para-hydroxylation sites is 2. The summed E-state index contributed by atoms with van der Waals surface area (Å²) in [5, 5.41) is 10.5. The van der Waals surface area contributed by atoms with Crippen LogP contribution in [-0.2, 0) is 0 Å². The van der Waals surface area contributed by atoms with Crippen LogP contribution < -0.4 is 9.47 Å². The Kier molecular flexibility index (Phi) is 3.65. The van der Waals surface area contributed by atoms with Crippen LogP contribution in [0.1, 0.15) is 32.6 Å². The lowest BCUT2D eigenvalue weighted by Crippen LogP contribution is -2.44. The molecule has 3 rings (SSSR count). The van der Waals surface area contributed by atoms with E-state index in [4.69, 9.17) is 9.47 Å². The smallest absolute Gasteiger partial charge is 0.161 e. The Labute approximate surface area is 114 Å². The summed E-state index contributed by atoms with van der Waals surface area (Å²) in [6.07, 6.45) is 3.99. The second kappa shape index (κ2) is 5.41. The van der Waals surface area contributed by atoms with Crippen molar-refractivity contribution in [2.45, 2.75) is 44.8 Å². The lowest BCUT2D eigenvalue weighted by molar-refractivity contribution is -0.0484.